The van der Waals surface area contributed by atoms with Crippen LogP contribution in [0.25, 0.3) is 0 Å². The minimum absolute atomic E-state index is 0.0934. The molecule has 1 atom stereocenters. The molecule has 7 nitrogen and oxygen atoms in total. The lowest BCUT2D eigenvalue weighted by atomic mass is 10.1. The van der Waals surface area contributed by atoms with Crippen molar-refractivity contribution in [2.24, 2.45) is 5.92 Å². The van der Waals surface area contributed by atoms with E-state index < -0.39 is 5.82 Å². The molecule has 1 aromatic rings. The summed E-state index contributed by atoms with van der Waals surface area (Å²) in [5, 5.41) is 6.89. The van der Waals surface area contributed by atoms with Crippen LogP contribution in [0.3, 0.4) is 0 Å². The molecule has 0 saturated carbocycles. The third-order valence-electron chi connectivity index (χ3n) is 5.17. The van der Waals surface area contributed by atoms with Crippen LogP contribution in [0.4, 0.5) is 4.39 Å². The van der Waals surface area contributed by atoms with E-state index in [9.17, 15) is 9.18 Å². The molecule has 3 rings (SSSR count). The topological polar surface area (TPSA) is 79.3 Å². The van der Waals surface area contributed by atoms with Gasteiger partial charge in [0, 0.05) is 32.8 Å². The molecule has 2 saturated heterocycles. The Hall–Kier alpha value is -2.19. The SMILES string of the molecule is COc1cccc(C(=O)N2CCCN(CCC3CCOC3)CC2)c1F.O=CO. The van der Waals surface area contributed by atoms with E-state index in [4.69, 9.17) is 19.4 Å². The van der Waals surface area contributed by atoms with Crippen LogP contribution in [0.15, 0.2) is 18.2 Å². The van der Waals surface area contributed by atoms with Gasteiger partial charge in [0.15, 0.2) is 11.6 Å². The van der Waals surface area contributed by atoms with Crippen molar-refractivity contribution in [3.05, 3.63) is 29.6 Å². The third kappa shape index (κ3) is 6.17. The minimum atomic E-state index is -0.572. The van der Waals surface area contributed by atoms with Crippen LogP contribution in [-0.2, 0) is 9.53 Å². The summed E-state index contributed by atoms with van der Waals surface area (Å²) in [6.45, 7) is 5.69. The van der Waals surface area contributed by atoms with Gasteiger partial charge in [-0.25, -0.2) is 4.39 Å². The van der Waals surface area contributed by atoms with Gasteiger partial charge in [0.25, 0.3) is 12.4 Å². The van der Waals surface area contributed by atoms with Crippen LogP contribution >= 0.6 is 0 Å². The monoisotopic (exact) mass is 396 g/mol. The number of carboxylic acid groups (broad SMARTS) is 1. The van der Waals surface area contributed by atoms with Crippen molar-refractivity contribution in [3.63, 3.8) is 0 Å². The Morgan fingerprint density at radius 1 is 1.36 bits per heavy atom. The van der Waals surface area contributed by atoms with Crippen LogP contribution in [0.1, 0.15) is 29.6 Å². The highest BCUT2D eigenvalue weighted by atomic mass is 19.1. The molecule has 8 heteroatoms. The molecule has 0 aliphatic carbocycles. The molecule has 1 amide bonds. The van der Waals surface area contributed by atoms with Gasteiger partial charge < -0.3 is 24.4 Å². The Labute approximate surface area is 165 Å². The van der Waals surface area contributed by atoms with Gasteiger partial charge in [-0.2, -0.15) is 0 Å². The second-order valence-corrected chi connectivity index (χ2v) is 6.93. The molecule has 156 valence electrons. The van der Waals surface area contributed by atoms with Crippen LogP contribution in [0, 0.1) is 11.7 Å². The van der Waals surface area contributed by atoms with E-state index in [1.54, 1.807) is 11.0 Å². The van der Waals surface area contributed by atoms with Crippen LogP contribution in [0.2, 0.25) is 0 Å². The second kappa shape index (κ2) is 11.6. The number of hydrogen-bond acceptors (Lipinski definition) is 5. The lowest BCUT2D eigenvalue weighted by molar-refractivity contribution is -0.122. The first-order valence-corrected chi connectivity index (χ1v) is 9.60. The van der Waals surface area contributed by atoms with Crippen molar-refractivity contribution in [1.82, 2.24) is 9.80 Å². The van der Waals surface area contributed by atoms with E-state index in [0.717, 1.165) is 52.1 Å². The first kappa shape index (κ1) is 22.1. The van der Waals surface area contributed by atoms with Gasteiger partial charge in [0.2, 0.25) is 0 Å². The fourth-order valence-corrected chi connectivity index (χ4v) is 3.58. The van der Waals surface area contributed by atoms with Gasteiger partial charge in [-0.3, -0.25) is 9.59 Å². The Bertz CT molecular complexity index is 637. The molecule has 1 N–H and O–H groups in total. The number of hydrogen-bond donors (Lipinski definition) is 1. The normalized spacial score (nSPS) is 20.1. The molecule has 2 aliphatic rings. The number of carbonyl (C=O) groups excluding carboxylic acids is 1. The van der Waals surface area contributed by atoms with E-state index in [1.807, 2.05) is 0 Å². The molecule has 28 heavy (non-hydrogen) atoms. The Kier molecular flexibility index (Phi) is 9.16. The van der Waals surface area contributed by atoms with Crippen LogP contribution < -0.4 is 4.74 Å². The molecule has 2 fully saturated rings. The van der Waals surface area contributed by atoms with Crippen LogP contribution in [-0.4, -0.2) is 80.3 Å². The molecule has 0 radical (unpaired) electrons. The maximum atomic E-state index is 14.4. The summed E-state index contributed by atoms with van der Waals surface area (Å²) in [6.07, 6.45) is 3.23. The van der Waals surface area contributed by atoms with Crippen LogP contribution in [0.5, 0.6) is 5.75 Å². The summed E-state index contributed by atoms with van der Waals surface area (Å²) in [5.74, 6) is -0.0345. The quantitative estimate of drug-likeness (QED) is 0.768. The minimum Gasteiger partial charge on any atom is -0.494 e. The van der Waals surface area contributed by atoms with Crippen molar-refractivity contribution < 1.29 is 28.6 Å². The molecule has 0 aromatic heterocycles. The number of rotatable bonds is 5. The summed E-state index contributed by atoms with van der Waals surface area (Å²) < 4.78 is 24.8. The van der Waals surface area contributed by atoms with Crippen molar-refractivity contribution in [2.75, 3.05) is 53.0 Å². The third-order valence-corrected chi connectivity index (χ3v) is 5.17. The van der Waals surface area contributed by atoms with Gasteiger partial charge in [0.05, 0.1) is 12.7 Å². The lowest BCUT2D eigenvalue weighted by Crippen LogP contribution is -2.36. The average Bonchev–Trinajstić information content (AvgIpc) is 3.11. The average molecular weight is 396 g/mol. The fraction of sp³-hybridized carbons (Fsp3) is 0.600. The Morgan fingerprint density at radius 2 is 2.14 bits per heavy atom. The zero-order valence-electron chi connectivity index (χ0n) is 16.3. The zero-order valence-corrected chi connectivity index (χ0v) is 16.3. The van der Waals surface area contributed by atoms with Gasteiger partial charge in [-0.1, -0.05) is 6.07 Å². The fourth-order valence-electron chi connectivity index (χ4n) is 3.58. The van der Waals surface area contributed by atoms with Gasteiger partial charge in [-0.15, -0.1) is 0 Å². The van der Waals surface area contributed by atoms with E-state index in [2.05, 4.69) is 4.90 Å². The van der Waals surface area contributed by atoms with E-state index in [0.29, 0.717) is 19.0 Å². The largest absolute Gasteiger partial charge is 0.494 e. The summed E-state index contributed by atoms with van der Waals surface area (Å²) in [4.78, 5) is 25.2. The number of halogens is 1. The molecule has 2 aliphatic heterocycles. The van der Waals surface area contributed by atoms with Crippen molar-refractivity contribution in [3.8, 4) is 5.75 Å². The first-order valence-electron chi connectivity index (χ1n) is 9.60. The molecule has 2 heterocycles. The molecular weight excluding hydrogens is 367 g/mol. The highest BCUT2D eigenvalue weighted by Crippen LogP contribution is 2.22. The Morgan fingerprint density at radius 3 is 2.82 bits per heavy atom. The number of methoxy groups -OCH3 is 1. The standard InChI is InChI=1S/C19H27FN2O3.CH2O2/c1-24-17-5-2-4-16(18(17)20)19(23)22-9-3-8-21(11-12-22)10-6-15-7-13-25-14-15;2-1-3/h2,4-5,15H,3,6-14H2,1H3;1H,(H,2,3). The Balaban J connectivity index is 0.000000878. The van der Waals surface area contributed by atoms with Crippen molar-refractivity contribution >= 4 is 12.4 Å². The van der Waals surface area contributed by atoms with Gasteiger partial charge >= 0.3 is 0 Å². The maximum Gasteiger partial charge on any atom is 0.290 e. The molecule has 0 bridgehead atoms. The molecular formula is C20H29FN2O5. The zero-order chi connectivity index (χ0) is 20.4. The number of benzene rings is 1. The summed E-state index contributed by atoms with van der Waals surface area (Å²) in [5.41, 5.74) is 0.0934. The number of nitrogens with zero attached hydrogens (tertiary/aromatic N) is 2. The highest BCUT2D eigenvalue weighted by molar-refractivity contribution is 5.95. The smallest absolute Gasteiger partial charge is 0.290 e. The number of ether oxygens (including phenoxy) is 2. The number of amides is 1. The van der Waals surface area contributed by atoms with Gasteiger partial charge in [-0.05, 0) is 50.4 Å². The van der Waals surface area contributed by atoms with Crippen molar-refractivity contribution in [1.29, 1.82) is 0 Å². The number of carbonyl (C=O) groups is 2. The van der Waals surface area contributed by atoms with Gasteiger partial charge in [0.1, 0.15) is 0 Å². The molecule has 1 aromatic carbocycles. The summed E-state index contributed by atoms with van der Waals surface area (Å²) in [6, 6.07) is 4.72. The lowest BCUT2D eigenvalue weighted by Gasteiger charge is -2.23. The summed E-state index contributed by atoms with van der Waals surface area (Å²) >= 11 is 0. The van der Waals surface area contributed by atoms with Crippen molar-refractivity contribution in [2.45, 2.75) is 19.3 Å². The highest BCUT2D eigenvalue weighted by Gasteiger charge is 2.24. The molecule has 1 unspecified atom stereocenters. The second-order valence-electron chi connectivity index (χ2n) is 6.93. The predicted octanol–water partition coefficient (Wildman–Crippen LogP) is 2.11. The van der Waals surface area contributed by atoms with E-state index in [1.165, 1.54) is 19.2 Å². The summed E-state index contributed by atoms with van der Waals surface area (Å²) in [7, 11) is 1.41. The predicted molar refractivity (Wildman–Crippen MR) is 102 cm³/mol. The first-order chi connectivity index (χ1) is 13.6. The maximum absolute atomic E-state index is 14.4. The van der Waals surface area contributed by atoms with E-state index >= 15 is 0 Å². The molecule has 0 spiro atoms. The van der Waals surface area contributed by atoms with E-state index in [-0.39, 0.29) is 23.7 Å².